The highest BCUT2D eigenvalue weighted by Gasteiger charge is 2.42. The van der Waals surface area contributed by atoms with E-state index in [1.54, 1.807) is 0 Å². The molecule has 0 spiro atoms. The molecule has 0 saturated carbocycles. The molecule has 1 saturated heterocycles. The zero-order valence-electron chi connectivity index (χ0n) is 9.92. The lowest BCUT2D eigenvalue weighted by Gasteiger charge is -2.16. The summed E-state index contributed by atoms with van der Waals surface area (Å²) in [6.45, 7) is -0.265. The van der Waals surface area contributed by atoms with Crippen LogP contribution in [0.2, 0.25) is 0 Å². The lowest BCUT2D eigenvalue weighted by molar-refractivity contribution is -0.0488. The van der Waals surface area contributed by atoms with E-state index >= 15 is 0 Å². The van der Waals surface area contributed by atoms with Gasteiger partial charge in [0.05, 0.1) is 19.0 Å². The molecule has 0 radical (unpaired) electrons. The van der Waals surface area contributed by atoms with Gasteiger partial charge in [0.2, 0.25) is 0 Å². The van der Waals surface area contributed by atoms with Crippen molar-refractivity contribution in [2.24, 2.45) is 5.73 Å². The molecule has 4 atom stereocenters. The number of rotatable bonds is 2. The summed E-state index contributed by atoms with van der Waals surface area (Å²) >= 11 is 0. The average Bonchev–Trinajstić information content (AvgIpc) is 2.94. The van der Waals surface area contributed by atoms with Gasteiger partial charge in [-0.3, -0.25) is 4.57 Å². The van der Waals surface area contributed by atoms with Crippen LogP contribution in [0.4, 0.5) is 5.82 Å². The third-order valence-corrected chi connectivity index (χ3v) is 3.27. The number of aliphatic hydroxyl groups excluding tert-OH is 2. The number of nitrogen functional groups attached to an aromatic ring is 1. The van der Waals surface area contributed by atoms with Gasteiger partial charge in [0, 0.05) is 0 Å². The Morgan fingerprint density at radius 2 is 2.16 bits per heavy atom. The zero-order chi connectivity index (χ0) is 13.6. The molecule has 9 nitrogen and oxygen atoms in total. The molecule has 6 N–H and O–H groups in total. The number of aliphatic hydroxyl groups is 2. The van der Waals surface area contributed by atoms with Crippen LogP contribution in [-0.2, 0) is 4.74 Å². The number of anilines is 1. The molecule has 1 fully saturated rings. The van der Waals surface area contributed by atoms with Crippen molar-refractivity contribution in [1.29, 1.82) is 0 Å². The molecule has 19 heavy (non-hydrogen) atoms. The number of aromatic nitrogens is 4. The van der Waals surface area contributed by atoms with E-state index in [0.29, 0.717) is 11.2 Å². The van der Waals surface area contributed by atoms with Crippen LogP contribution in [0.1, 0.15) is 6.23 Å². The molecule has 2 aromatic heterocycles. The Balaban J connectivity index is 2.04. The van der Waals surface area contributed by atoms with E-state index in [-0.39, 0.29) is 12.4 Å². The first-order chi connectivity index (χ1) is 9.13. The second kappa shape index (κ2) is 4.38. The van der Waals surface area contributed by atoms with Crippen LogP contribution in [0.25, 0.3) is 11.2 Å². The van der Waals surface area contributed by atoms with Gasteiger partial charge in [-0.25, -0.2) is 15.0 Å². The highest BCUT2D eigenvalue weighted by molar-refractivity contribution is 5.81. The summed E-state index contributed by atoms with van der Waals surface area (Å²) in [5, 5.41) is 19.2. The number of nitrogens with two attached hydrogens (primary N) is 2. The van der Waals surface area contributed by atoms with E-state index < -0.39 is 24.5 Å². The van der Waals surface area contributed by atoms with Crippen molar-refractivity contribution in [3.8, 4) is 0 Å². The van der Waals surface area contributed by atoms with Crippen molar-refractivity contribution >= 4 is 17.0 Å². The minimum absolute atomic E-state index is 0.249. The summed E-state index contributed by atoms with van der Waals surface area (Å²) in [7, 11) is 0. The monoisotopic (exact) mass is 266 g/mol. The van der Waals surface area contributed by atoms with Gasteiger partial charge in [-0.1, -0.05) is 0 Å². The van der Waals surface area contributed by atoms with Crippen LogP contribution in [0, 0.1) is 0 Å². The fraction of sp³-hybridized carbons (Fsp3) is 0.500. The molecule has 102 valence electrons. The number of imidazole rings is 1. The summed E-state index contributed by atoms with van der Waals surface area (Å²) in [5.74, 6) is 0.249. The molecule has 2 aromatic rings. The largest absolute Gasteiger partial charge is 0.394 e. The van der Waals surface area contributed by atoms with Crippen molar-refractivity contribution in [3.63, 3.8) is 0 Å². The van der Waals surface area contributed by atoms with Crippen molar-refractivity contribution < 1.29 is 14.9 Å². The van der Waals surface area contributed by atoms with E-state index in [2.05, 4.69) is 15.0 Å². The standard InChI is InChI=1S/C10H14N6O3/c11-5-4(1-17)19-10(7(5)18)16-3-15-6-8(12)13-2-14-9(6)16/h2-5,7,10,17-18H,1,11H2,(H2,12,13,14)/t4?,5-,7?,10?/m0/s1. The molecule has 0 aromatic carbocycles. The Labute approximate surface area is 107 Å². The molecule has 1 aliphatic heterocycles. The zero-order valence-corrected chi connectivity index (χ0v) is 9.92. The summed E-state index contributed by atoms with van der Waals surface area (Å²) in [6, 6.07) is -0.674. The normalized spacial score (nSPS) is 31.1. The maximum atomic E-state index is 10.1. The van der Waals surface area contributed by atoms with Crippen LogP contribution in [0.5, 0.6) is 0 Å². The summed E-state index contributed by atoms with van der Waals surface area (Å²) in [6.07, 6.45) is 0.408. The Hall–Kier alpha value is -1.81. The Kier molecular flexibility index (Phi) is 2.82. The molecule has 3 rings (SSSR count). The third-order valence-electron chi connectivity index (χ3n) is 3.27. The molecule has 9 heteroatoms. The van der Waals surface area contributed by atoms with Crippen LogP contribution in [-0.4, -0.2) is 54.6 Å². The topological polar surface area (TPSA) is 145 Å². The smallest absolute Gasteiger partial charge is 0.167 e. The second-order valence-corrected chi connectivity index (χ2v) is 4.40. The van der Waals surface area contributed by atoms with Crippen LogP contribution < -0.4 is 11.5 Å². The summed E-state index contributed by atoms with van der Waals surface area (Å²) in [5.41, 5.74) is 12.3. The van der Waals surface area contributed by atoms with Crippen molar-refractivity contribution in [1.82, 2.24) is 19.5 Å². The molecular formula is C10H14N6O3. The lowest BCUT2D eigenvalue weighted by Crippen LogP contribution is -2.41. The van der Waals surface area contributed by atoms with E-state index in [1.807, 2.05) is 0 Å². The minimum atomic E-state index is -0.967. The van der Waals surface area contributed by atoms with E-state index in [9.17, 15) is 5.11 Å². The van der Waals surface area contributed by atoms with Gasteiger partial charge in [-0.05, 0) is 0 Å². The van der Waals surface area contributed by atoms with Gasteiger partial charge < -0.3 is 26.4 Å². The van der Waals surface area contributed by atoms with Crippen LogP contribution >= 0.6 is 0 Å². The maximum Gasteiger partial charge on any atom is 0.167 e. The predicted octanol–water partition coefficient (Wildman–Crippen LogP) is -2.01. The molecule has 0 amide bonds. The van der Waals surface area contributed by atoms with E-state index in [0.717, 1.165) is 0 Å². The highest BCUT2D eigenvalue weighted by atomic mass is 16.5. The van der Waals surface area contributed by atoms with Crippen molar-refractivity contribution in [3.05, 3.63) is 12.7 Å². The Bertz CT molecular complexity index is 602. The molecule has 3 heterocycles. The second-order valence-electron chi connectivity index (χ2n) is 4.40. The fourth-order valence-corrected chi connectivity index (χ4v) is 2.21. The number of hydrogen-bond acceptors (Lipinski definition) is 8. The van der Waals surface area contributed by atoms with Crippen LogP contribution in [0.3, 0.4) is 0 Å². The number of nitrogens with zero attached hydrogens (tertiary/aromatic N) is 4. The van der Waals surface area contributed by atoms with Gasteiger partial charge >= 0.3 is 0 Å². The van der Waals surface area contributed by atoms with Gasteiger partial charge in [-0.15, -0.1) is 0 Å². The van der Waals surface area contributed by atoms with Gasteiger partial charge in [0.1, 0.15) is 24.1 Å². The van der Waals surface area contributed by atoms with Crippen molar-refractivity contribution in [2.75, 3.05) is 12.3 Å². The number of hydrogen-bond donors (Lipinski definition) is 4. The number of ether oxygens (including phenoxy) is 1. The van der Waals surface area contributed by atoms with Crippen LogP contribution in [0.15, 0.2) is 12.7 Å². The SMILES string of the molecule is Nc1ncnc2c1ncn2C1OC(CO)[C@H](N)C1O. The summed E-state index contributed by atoms with van der Waals surface area (Å²) < 4.78 is 7.06. The maximum absolute atomic E-state index is 10.1. The van der Waals surface area contributed by atoms with E-state index in [1.165, 1.54) is 17.2 Å². The molecule has 1 aliphatic rings. The highest BCUT2D eigenvalue weighted by Crippen LogP contribution is 2.30. The molecular weight excluding hydrogens is 252 g/mol. The lowest BCUT2D eigenvalue weighted by atomic mass is 10.1. The first-order valence-electron chi connectivity index (χ1n) is 5.76. The quantitative estimate of drug-likeness (QED) is 0.487. The Morgan fingerprint density at radius 1 is 1.37 bits per heavy atom. The first kappa shape index (κ1) is 12.2. The van der Waals surface area contributed by atoms with Gasteiger partial charge in [0.25, 0.3) is 0 Å². The van der Waals surface area contributed by atoms with E-state index in [4.69, 9.17) is 21.3 Å². The molecule has 3 unspecified atom stereocenters. The fourth-order valence-electron chi connectivity index (χ4n) is 2.21. The average molecular weight is 266 g/mol. The Morgan fingerprint density at radius 3 is 2.84 bits per heavy atom. The molecule has 0 bridgehead atoms. The van der Waals surface area contributed by atoms with Gasteiger partial charge in [-0.2, -0.15) is 0 Å². The molecule has 0 aliphatic carbocycles. The third kappa shape index (κ3) is 1.75. The predicted molar refractivity (Wildman–Crippen MR) is 64.7 cm³/mol. The summed E-state index contributed by atoms with van der Waals surface area (Å²) in [4.78, 5) is 12.0. The number of fused-ring (bicyclic) bond motifs is 1. The van der Waals surface area contributed by atoms with Crippen molar-refractivity contribution in [2.45, 2.75) is 24.5 Å². The van der Waals surface area contributed by atoms with Gasteiger partial charge in [0.15, 0.2) is 17.7 Å². The first-order valence-corrected chi connectivity index (χ1v) is 5.76. The minimum Gasteiger partial charge on any atom is -0.394 e.